The van der Waals surface area contributed by atoms with E-state index in [1.807, 2.05) is 31.2 Å². The van der Waals surface area contributed by atoms with Gasteiger partial charge in [0.25, 0.3) is 11.8 Å². The molecule has 0 atom stereocenters. The Morgan fingerprint density at radius 1 is 1.11 bits per heavy atom. The first-order valence-corrected chi connectivity index (χ1v) is 12.3. The summed E-state index contributed by atoms with van der Waals surface area (Å²) < 4.78 is 11.3. The number of para-hydroxylation sites is 1. The summed E-state index contributed by atoms with van der Waals surface area (Å²) in [7, 11) is 1.50. The molecule has 36 heavy (non-hydrogen) atoms. The van der Waals surface area contributed by atoms with Crippen molar-refractivity contribution in [1.29, 1.82) is 0 Å². The Balaban J connectivity index is 1.53. The predicted molar refractivity (Wildman–Crippen MR) is 146 cm³/mol. The summed E-state index contributed by atoms with van der Waals surface area (Å²) in [5.41, 5.74) is 2.77. The summed E-state index contributed by atoms with van der Waals surface area (Å²) in [6, 6.07) is 17.8. The van der Waals surface area contributed by atoms with Crippen molar-refractivity contribution >= 4 is 69.4 Å². The van der Waals surface area contributed by atoms with Gasteiger partial charge in [-0.05, 0) is 55.1 Å². The van der Waals surface area contributed by atoms with Crippen molar-refractivity contribution in [2.24, 2.45) is 4.99 Å². The van der Waals surface area contributed by atoms with Crippen LogP contribution in [0.2, 0.25) is 10.0 Å². The number of benzene rings is 3. The molecule has 2 N–H and O–H groups in total. The predicted octanol–water partition coefficient (Wildman–Crippen LogP) is 6.22. The van der Waals surface area contributed by atoms with Crippen molar-refractivity contribution in [1.82, 2.24) is 5.32 Å². The highest BCUT2D eigenvalue weighted by molar-refractivity contribution is 8.18. The van der Waals surface area contributed by atoms with E-state index in [2.05, 4.69) is 15.6 Å². The number of anilines is 1. The zero-order valence-electron chi connectivity index (χ0n) is 19.3. The van der Waals surface area contributed by atoms with Crippen molar-refractivity contribution in [3.8, 4) is 11.5 Å². The highest BCUT2D eigenvalue weighted by atomic mass is 35.5. The van der Waals surface area contributed by atoms with E-state index in [0.717, 1.165) is 17.3 Å². The molecule has 2 amide bonds. The number of carbonyl (C=O) groups excluding carboxylic acids is 2. The fourth-order valence-electron chi connectivity index (χ4n) is 3.24. The van der Waals surface area contributed by atoms with E-state index < -0.39 is 0 Å². The van der Waals surface area contributed by atoms with E-state index >= 15 is 0 Å². The van der Waals surface area contributed by atoms with Gasteiger partial charge in [0.2, 0.25) is 0 Å². The number of aliphatic imine (C=N–C) groups is 1. The van der Waals surface area contributed by atoms with Crippen molar-refractivity contribution in [3.63, 3.8) is 0 Å². The number of hydrogen-bond donors (Lipinski definition) is 2. The summed E-state index contributed by atoms with van der Waals surface area (Å²) in [4.78, 5) is 29.9. The fraction of sp³-hybridized carbons (Fsp3) is 0.115. The number of methoxy groups -OCH3 is 1. The zero-order chi connectivity index (χ0) is 25.7. The number of nitrogens with zero attached hydrogens (tertiary/aromatic N) is 1. The highest BCUT2D eigenvalue weighted by Crippen LogP contribution is 2.37. The highest BCUT2D eigenvalue weighted by Gasteiger charge is 2.25. The van der Waals surface area contributed by atoms with Crippen molar-refractivity contribution < 1.29 is 19.1 Å². The molecule has 0 saturated carbocycles. The Labute approximate surface area is 222 Å². The number of carbonyl (C=O) groups is 2. The molecule has 7 nitrogen and oxygen atoms in total. The second kappa shape index (κ2) is 11.5. The normalized spacial score (nSPS) is 15.2. The molecule has 4 rings (SSSR count). The van der Waals surface area contributed by atoms with Crippen LogP contribution in [0.15, 0.2) is 70.6 Å². The molecular weight excluding hydrogens is 521 g/mol. The van der Waals surface area contributed by atoms with Crippen molar-refractivity contribution in [2.75, 3.05) is 19.0 Å². The molecule has 184 valence electrons. The average molecular weight is 542 g/mol. The van der Waals surface area contributed by atoms with Crippen LogP contribution in [0.4, 0.5) is 11.4 Å². The molecule has 1 heterocycles. The van der Waals surface area contributed by atoms with Crippen molar-refractivity contribution in [3.05, 3.63) is 86.7 Å². The number of amidine groups is 1. The number of thioether (sulfide) groups is 1. The molecule has 3 aromatic carbocycles. The lowest BCUT2D eigenvalue weighted by Crippen LogP contribution is -2.20. The van der Waals surface area contributed by atoms with Gasteiger partial charge in [0.05, 0.1) is 27.7 Å². The number of hydrogen-bond acceptors (Lipinski definition) is 6. The first kappa shape index (κ1) is 25.6. The summed E-state index contributed by atoms with van der Waals surface area (Å²) >= 11 is 13.4. The minimum atomic E-state index is -0.331. The number of rotatable bonds is 7. The maximum Gasteiger partial charge on any atom is 0.264 e. The van der Waals surface area contributed by atoms with Crippen LogP contribution in [0.1, 0.15) is 11.1 Å². The van der Waals surface area contributed by atoms with Crippen LogP contribution in [0.3, 0.4) is 0 Å². The molecule has 10 heteroatoms. The number of halogens is 2. The maximum absolute atomic E-state index is 12.6. The maximum atomic E-state index is 12.6. The van der Waals surface area contributed by atoms with Gasteiger partial charge in [-0.15, -0.1) is 0 Å². The minimum absolute atomic E-state index is 0.246. The van der Waals surface area contributed by atoms with E-state index in [1.165, 1.54) is 7.11 Å². The van der Waals surface area contributed by atoms with Gasteiger partial charge < -0.3 is 20.1 Å². The van der Waals surface area contributed by atoms with E-state index in [1.54, 1.807) is 42.5 Å². The lowest BCUT2D eigenvalue weighted by Gasteiger charge is -2.13. The third-order valence-electron chi connectivity index (χ3n) is 5.00. The SMILES string of the molecule is COc1cccc(/C=C2/SC(=Nc3cccc(Cl)c3Cl)NC2=O)c1OCC(=O)Nc1ccc(C)cc1. The lowest BCUT2D eigenvalue weighted by molar-refractivity contribution is -0.118. The van der Waals surface area contributed by atoms with Crippen LogP contribution >= 0.6 is 35.0 Å². The Morgan fingerprint density at radius 2 is 1.86 bits per heavy atom. The zero-order valence-corrected chi connectivity index (χ0v) is 21.6. The minimum Gasteiger partial charge on any atom is -0.493 e. The standard InChI is InChI=1S/C26H21Cl2N3O4S/c1-15-9-11-17(12-10-15)29-22(32)14-35-24-16(5-3-8-20(24)34-2)13-21-25(33)31-26(36-21)30-19-7-4-6-18(27)23(19)28/h3-13H,14H2,1-2H3,(H,29,32)(H,30,31,33)/b21-13+. The molecule has 0 aromatic heterocycles. The van der Waals surface area contributed by atoms with E-state index in [0.29, 0.717) is 48.6 Å². The molecule has 0 bridgehead atoms. The van der Waals surface area contributed by atoms with E-state index in [4.69, 9.17) is 32.7 Å². The largest absolute Gasteiger partial charge is 0.493 e. The summed E-state index contributed by atoms with van der Waals surface area (Å²) in [6.45, 7) is 1.72. The monoisotopic (exact) mass is 541 g/mol. The van der Waals surface area contributed by atoms with Gasteiger partial charge in [-0.1, -0.05) is 59.1 Å². The van der Waals surface area contributed by atoms with Crippen LogP contribution in [0, 0.1) is 6.92 Å². The molecule has 1 saturated heterocycles. The summed E-state index contributed by atoms with van der Waals surface area (Å²) in [6.07, 6.45) is 1.65. The average Bonchev–Trinajstić information content (AvgIpc) is 3.20. The Kier molecular flexibility index (Phi) is 8.20. The van der Waals surface area contributed by atoms with E-state index in [9.17, 15) is 9.59 Å². The third-order valence-corrected chi connectivity index (χ3v) is 6.72. The van der Waals surface area contributed by atoms with Gasteiger partial charge >= 0.3 is 0 Å². The second-order valence-corrected chi connectivity index (χ2v) is 9.45. The molecule has 1 aliphatic heterocycles. The Bertz CT molecular complexity index is 1370. The van der Waals surface area contributed by atoms with Crippen LogP contribution in [0.25, 0.3) is 6.08 Å². The Hall–Kier alpha value is -3.46. The molecule has 3 aromatic rings. The lowest BCUT2D eigenvalue weighted by atomic mass is 10.1. The van der Waals surface area contributed by atoms with E-state index in [-0.39, 0.29) is 18.4 Å². The molecule has 0 radical (unpaired) electrons. The Morgan fingerprint density at radius 3 is 2.61 bits per heavy atom. The second-order valence-electron chi connectivity index (χ2n) is 7.64. The number of ether oxygens (including phenoxy) is 2. The molecular formula is C26H21Cl2N3O4S. The molecule has 1 aliphatic rings. The van der Waals surface area contributed by atoms with Crippen LogP contribution in [-0.4, -0.2) is 30.7 Å². The quantitative estimate of drug-likeness (QED) is 0.346. The van der Waals surface area contributed by atoms with Gasteiger partial charge in [-0.25, -0.2) is 4.99 Å². The van der Waals surface area contributed by atoms with Gasteiger partial charge in [-0.2, -0.15) is 0 Å². The fourth-order valence-corrected chi connectivity index (χ4v) is 4.41. The number of amides is 2. The van der Waals surface area contributed by atoms with Crippen LogP contribution in [0.5, 0.6) is 11.5 Å². The summed E-state index contributed by atoms with van der Waals surface area (Å²) in [5, 5.41) is 6.53. The van der Waals surface area contributed by atoms with Crippen LogP contribution in [-0.2, 0) is 9.59 Å². The molecule has 0 aliphatic carbocycles. The number of aryl methyl sites for hydroxylation is 1. The van der Waals surface area contributed by atoms with Crippen LogP contribution < -0.4 is 20.1 Å². The molecule has 0 unspecified atom stereocenters. The molecule has 1 fully saturated rings. The first-order chi connectivity index (χ1) is 17.3. The topological polar surface area (TPSA) is 89.0 Å². The van der Waals surface area contributed by atoms with Gasteiger partial charge in [0.15, 0.2) is 23.3 Å². The molecule has 0 spiro atoms. The van der Waals surface area contributed by atoms with Gasteiger partial charge in [-0.3, -0.25) is 9.59 Å². The summed E-state index contributed by atoms with van der Waals surface area (Å²) in [5.74, 6) is 0.102. The first-order valence-electron chi connectivity index (χ1n) is 10.7. The smallest absolute Gasteiger partial charge is 0.264 e. The van der Waals surface area contributed by atoms with Gasteiger partial charge in [0, 0.05) is 11.3 Å². The number of nitrogens with one attached hydrogen (secondary N) is 2. The third kappa shape index (κ3) is 6.20. The van der Waals surface area contributed by atoms with Crippen molar-refractivity contribution in [2.45, 2.75) is 6.92 Å². The van der Waals surface area contributed by atoms with Gasteiger partial charge in [0.1, 0.15) is 0 Å².